The van der Waals surface area contributed by atoms with Crippen LogP contribution in [0.1, 0.15) is 66.2 Å². The van der Waals surface area contributed by atoms with Gasteiger partial charge in [-0.2, -0.15) is 0 Å². The molecule has 0 amide bonds. The number of aliphatic hydroxyl groups is 1. The van der Waals surface area contributed by atoms with E-state index in [0.717, 1.165) is 24.9 Å². The van der Waals surface area contributed by atoms with Crippen LogP contribution in [0.25, 0.3) is 0 Å². The zero-order valence-corrected chi connectivity index (χ0v) is 13.4. The molecule has 0 aromatic rings. The van der Waals surface area contributed by atoms with Crippen molar-refractivity contribution in [1.29, 1.82) is 0 Å². The molecule has 0 aromatic heterocycles. The molecule has 0 aliphatic heterocycles. The molecule has 0 radical (unpaired) electrons. The molecule has 19 heavy (non-hydrogen) atoms. The van der Waals surface area contributed by atoms with Crippen LogP contribution in [0.3, 0.4) is 0 Å². The van der Waals surface area contributed by atoms with Crippen molar-refractivity contribution >= 4 is 0 Å². The maximum absolute atomic E-state index is 10.2. The molecule has 1 saturated carbocycles. The van der Waals surface area contributed by atoms with Crippen molar-refractivity contribution in [2.24, 2.45) is 11.7 Å². The van der Waals surface area contributed by atoms with E-state index in [4.69, 9.17) is 5.73 Å². The Hall–Kier alpha value is -0.120. The van der Waals surface area contributed by atoms with Crippen molar-refractivity contribution in [2.75, 3.05) is 13.1 Å². The van der Waals surface area contributed by atoms with Gasteiger partial charge in [-0.25, -0.2) is 0 Å². The summed E-state index contributed by atoms with van der Waals surface area (Å²) in [5, 5.41) is 10.2. The Morgan fingerprint density at radius 1 is 1.26 bits per heavy atom. The van der Waals surface area contributed by atoms with Gasteiger partial charge < -0.3 is 10.8 Å². The average molecular weight is 270 g/mol. The Bertz CT molecular complexity index is 247. The summed E-state index contributed by atoms with van der Waals surface area (Å²) < 4.78 is 0. The summed E-state index contributed by atoms with van der Waals surface area (Å²) in [5.41, 5.74) is 4.93. The molecule has 2 unspecified atom stereocenters. The number of nitrogens with zero attached hydrogens (tertiary/aromatic N) is 1. The molecule has 3 heteroatoms. The van der Waals surface area contributed by atoms with Crippen molar-refractivity contribution in [1.82, 2.24) is 4.90 Å². The second kappa shape index (κ2) is 7.61. The maximum Gasteiger partial charge on any atom is 0.0756 e. The monoisotopic (exact) mass is 270 g/mol. The molecule has 3 N–H and O–H groups in total. The molecule has 1 aliphatic carbocycles. The highest BCUT2D eigenvalue weighted by Crippen LogP contribution is 2.28. The highest BCUT2D eigenvalue weighted by molar-refractivity contribution is 4.86. The molecule has 0 aromatic carbocycles. The Kier molecular flexibility index (Phi) is 6.78. The molecule has 0 heterocycles. The molecule has 0 spiro atoms. The van der Waals surface area contributed by atoms with E-state index in [2.05, 4.69) is 25.7 Å². The first-order valence-corrected chi connectivity index (χ1v) is 8.04. The van der Waals surface area contributed by atoms with Crippen molar-refractivity contribution in [3.8, 4) is 0 Å². The fraction of sp³-hybridized carbons (Fsp3) is 1.00. The lowest BCUT2D eigenvalue weighted by Crippen LogP contribution is -2.47. The molecule has 3 nitrogen and oxygen atoms in total. The average Bonchev–Trinajstić information content (AvgIpc) is 2.82. The van der Waals surface area contributed by atoms with E-state index < -0.39 is 5.60 Å². The van der Waals surface area contributed by atoms with E-state index >= 15 is 0 Å². The predicted molar refractivity (Wildman–Crippen MR) is 82.2 cm³/mol. The van der Waals surface area contributed by atoms with Crippen LogP contribution in [0, 0.1) is 5.92 Å². The standard InChI is InChI=1S/C16H34N2O/c1-13(2)9-10-18(15-7-5-6-8-15)14(3)11-16(4,19)12-17/h13-15,19H,5-12,17H2,1-4H3. The Balaban J connectivity index is 2.60. The van der Waals surface area contributed by atoms with E-state index in [9.17, 15) is 5.11 Å². The third-order valence-corrected chi connectivity index (χ3v) is 4.50. The van der Waals surface area contributed by atoms with Crippen molar-refractivity contribution in [3.63, 3.8) is 0 Å². The third-order valence-electron chi connectivity index (χ3n) is 4.50. The minimum absolute atomic E-state index is 0.347. The van der Waals surface area contributed by atoms with E-state index in [1.807, 2.05) is 6.92 Å². The lowest BCUT2D eigenvalue weighted by molar-refractivity contribution is 0.0175. The van der Waals surface area contributed by atoms with Crippen molar-refractivity contribution in [2.45, 2.75) is 83.9 Å². The smallest absolute Gasteiger partial charge is 0.0756 e. The fourth-order valence-electron chi connectivity index (χ4n) is 3.24. The van der Waals surface area contributed by atoms with Crippen LogP contribution in [0.2, 0.25) is 0 Å². The second-order valence-electron chi connectivity index (χ2n) is 7.11. The van der Waals surface area contributed by atoms with Gasteiger partial charge in [-0.3, -0.25) is 4.90 Å². The van der Waals surface area contributed by atoms with Crippen LogP contribution in [0.5, 0.6) is 0 Å². The largest absolute Gasteiger partial charge is 0.389 e. The fourth-order valence-corrected chi connectivity index (χ4v) is 3.24. The summed E-state index contributed by atoms with van der Waals surface area (Å²) in [6.07, 6.45) is 7.40. The first-order chi connectivity index (χ1) is 8.85. The van der Waals surface area contributed by atoms with Gasteiger partial charge in [0.2, 0.25) is 0 Å². The highest BCUT2D eigenvalue weighted by Gasteiger charge is 2.30. The van der Waals surface area contributed by atoms with Crippen molar-refractivity contribution in [3.05, 3.63) is 0 Å². The summed E-state index contributed by atoms with van der Waals surface area (Å²) in [7, 11) is 0. The molecule has 0 bridgehead atoms. The third kappa shape index (κ3) is 5.80. The molecule has 1 aliphatic rings. The summed E-state index contributed by atoms with van der Waals surface area (Å²) >= 11 is 0. The molecular formula is C16H34N2O. The molecule has 0 saturated heterocycles. The lowest BCUT2D eigenvalue weighted by atomic mass is 9.95. The van der Waals surface area contributed by atoms with Crippen LogP contribution < -0.4 is 5.73 Å². The van der Waals surface area contributed by atoms with Crippen LogP contribution in [-0.4, -0.2) is 40.8 Å². The van der Waals surface area contributed by atoms with E-state index in [1.54, 1.807) is 0 Å². The van der Waals surface area contributed by atoms with Gasteiger partial charge in [0.1, 0.15) is 0 Å². The zero-order valence-electron chi connectivity index (χ0n) is 13.4. The normalized spacial score (nSPS) is 22.1. The molecule has 114 valence electrons. The summed E-state index contributed by atoms with van der Waals surface area (Å²) in [4.78, 5) is 2.64. The number of rotatable bonds is 8. The summed E-state index contributed by atoms with van der Waals surface area (Å²) in [6, 6.07) is 1.14. The highest BCUT2D eigenvalue weighted by atomic mass is 16.3. The van der Waals surface area contributed by atoms with Gasteiger partial charge in [0, 0.05) is 18.6 Å². The van der Waals surface area contributed by atoms with Gasteiger partial charge in [0.05, 0.1) is 5.60 Å². The SMILES string of the molecule is CC(C)CCN(C(C)CC(C)(O)CN)C1CCCC1. The predicted octanol–water partition coefficient (Wildman–Crippen LogP) is 2.77. The van der Waals surface area contributed by atoms with Crippen LogP contribution in [0.4, 0.5) is 0 Å². The van der Waals surface area contributed by atoms with Gasteiger partial charge in [-0.1, -0.05) is 26.7 Å². The Morgan fingerprint density at radius 2 is 1.84 bits per heavy atom. The van der Waals surface area contributed by atoms with E-state index in [1.165, 1.54) is 32.1 Å². The van der Waals surface area contributed by atoms with Crippen LogP contribution in [0.15, 0.2) is 0 Å². The number of hydrogen-bond acceptors (Lipinski definition) is 3. The minimum atomic E-state index is -0.728. The van der Waals surface area contributed by atoms with Crippen molar-refractivity contribution < 1.29 is 5.11 Å². The lowest BCUT2D eigenvalue weighted by Gasteiger charge is -2.38. The summed E-state index contributed by atoms with van der Waals surface area (Å²) in [5.74, 6) is 0.742. The minimum Gasteiger partial charge on any atom is -0.389 e. The molecule has 1 rings (SSSR count). The van der Waals surface area contributed by atoms with Crippen LogP contribution >= 0.6 is 0 Å². The first kappa shape index (κ1) is 16.9. The summed E-state index contributed by atoms with van der Waals surface area (Å²) in [6.45, 7) is 10.2. The maximum atomic E-state index is 10.2. The van der Waals surface area contributed by atoms with Crippen LogP contribution in [-0.2, 0) is 0 Å². The van der Waals surface area contributed by atoms with Gasteiger partial charge in [-0.15, -0.1) is 0 Å². The first-order valence-electron chi connectivity index (χ1n) is 8.04. The number of nitrogens with two attached hydrogens (primary N) is 1. The Labute approximate surface area is 119 Å². The number of hydrogen-bond donors (Lipinski definition) is 2. The molecule has 1 fully saturated rings. The quantitative estimate of drug-likeness (QED) is 0.713. The Morgan fingerprint density at radius 3 is 2.32 bits per heavy atom. The van der Waals surface area contributed by atoms with E-state index in [0.29, 0.717) is 12.6 Å². The second-order valence-corrected chi connectivity index (χ2v) is 7.11. The van der Waals surface area contributed by atoms with Gasteiger partial charge in [0.25, 0.3) is 0 Å². The van der Waals surface area contributed by atoms with Gasteiger partial charge in [-0.05, 0) is 52.0 Å². The molecular weight excluding hydrogens is 236 g/mol. The van der Waals surface area contributed by atoms with Gasteiger partial charge in [0.15, 0.2) is 0 Å². The topological polar surface area (TPSA) is 49.5 Å². The zero-order chi connectivity index (χ0) is 14.5. The molecule has 2 atom stereocenters. The van der Waals surface area contributed by atoms with E-state index in [-0.39, 0.29) is 0 Å². The van der Waals surface area contributed by atoms with Gasteiger partial charge >= 0.3 is 0 Å².